The van der Waals surface area contributed by atoms with Gasteiger partial charge < -0.3 is 4.74 Å². The van der Waals surface area contributed by atoms with Crippen molar-refractivity contribution >= 4 is 23.4 Å². The van der Waals surface area contributed by atoms with Crippen molar-refractivity contribution < 1.29 is 9.53 Å². The van der Waals surface area contributed by atoms with Crippen LogP contribution >= 0.6 is 11.6 Å². The van der Waals surface area contributed by atoms with E-state index in [0.717, 1.165) is 11.3 Å². The maximum Gasteiger partial charge on any atom is 0.412 e. The fraction of sp³-hybridized carbons (Fsp3) is 0.438. The maximum absolute atomic E-state index is 11.8. The van der Waals surface area contributed by atoms with Crippen LogP contribution < -0.4 is 5.32 Å². The zero-order chi connectivity index (χ0) is 15.3. The predicted octanol–water partition coefficient (Wildman–Crippen LogP) is 5.20. The van der Waals surface area contributed by atoms with Crippen LogP contribution in [0.15, 0.2) is 29.8 Å². The van der Waals surface area contributed by atoms with E-state index in [9.17, 15) is 4.79 Å². The van der Waals surface area contributed by atoms with Crippen LogP contribution in [0.2, 0.25) is 5.02 Å². The van der Waals surface area contributed by atoms with E-state index in [4.69, 9.17) is 16.3 Å². The molecule has 1 aromatic carbocycles. The van der Waals surface area contributed by atoms with Crippen LogP contribution in [0.1, 0.15) is 40.2 Å². The molecular weight excluding hydrogens is 274 g/mol. The van der Waals surface area contributed by atoms with Crippen LogP contribution in [0.4, 0.5) is 10.5 Å². The molecular formula is C16H22ClNO2. The molecule has 0 aliphatic rings. The lowest BCUT2D eigenvalue weighted by atomic mass is 10.1. The van der Waals surface area contributed by atoms with Crippen molar-refractivity contribution in [1.29, 1.82) is 0 Å². The first-order valence-corrected chi connectivity index (χ1v) is 6.97. The van der Waals surface area contributed by atoms with Gasteiger partial charge in [-0.3, -0.25) is 5.32 Å². The normalized spacial score (nSPS) is 10.9. The summed E-state index contributed by atoms with van der Waals surface area (Å²) in [6, 6.07) is 5.40. The Hall–Kier alpha value is -1.48. The molecule has 0 heterocycles. The van der Waals surface area contributed by atoms with Gasteiger partial charge in [-0.1, -0.05) is 23.3 Å². The standard InChI is InChI=1S/C16H22ClNO2/c1-11(2)6-7-12-10-13(17)8-9-14(12)18-15(19)20-16(3,4)5/h6,8-10H,7H2,1-5H3,(H,18,19). The molecule has 0 aliphatic heterocycles. The summed E-state index contributed by atoms with van der Waals surface area (Å²) in [6.07, 6.45) is 2.35. The van der Waals surface area contributed by atoms with Gasteiger partial charge in [-0.05, 0) is 64.8 Å². The molecule has 20 heavy (non-hydrogen) atoms. The molecule has 1 N–H and O–H groups in total. The van der Waals surface area contributed by atoms with Gasteiger partial charge in [-0.2, -0.15) is 0 Å². The Balaban J connectivity index is 2.89. The van der Waals surface area contributed by atoms with Crippen molar-refractivity contribution in [2.45, 2.75) is 46.6 Å². The van der Waals surface area contributed by atoms with E-state index in [1.165, 1.54) is 5.57 Å². The van der Waals surface area contributed by atoms with E-state index in [2.05, 4.69) is 11.4 Å². The third-order valence-corrected chi connectivity index (χ3v) is 2.67. The van der Waals surface area contributed by atoms with Gasteiger partial charge in [0.2, 0.25) is 0 Å². The van der Waals surface area contributed by atoms with Gasteiger partial charge in [0.05, 0.1) is 0 Å². The van der Waals surface area contributed by atoms with Crippen LogP contribution in [0, 0.1) is 0 Å². The monoisotopic (exact) mass is 295 g/mol. The first-order valence-electron chi connectivity index (χ1n) is 6.59. The van der Waals surface area contributed by atoms with Gasteiger partial charge in [0.15, 0.2) is 0 Å². The van der Waals surface area contributed by atoms with E-state index in [1.54, 1.807) is 12.1 Å². The predicted molar refractivity (Wildman–Crippen MR) is 84.4 cm³/mol. The summed E-state index contributed by atoms with van der Waals surface area (Å²) in [4.78, 5) is 11.8. The molecule has 0 fully saturated rings. The Labute approximate surface area is 126 Å². The Morgan fingerprint density at radius 3 is 2.55 bits per heavy atom. The molecule has 0 aromatic heterocycles. The molecule has 1 aromatic rings. The van der Waals surface area contributed by atoms with Crippen LogP contribution in [-0.2, 0) is 11.2 Å². The van der Waals surface area contributed by atoms with Crippen molar-refractivity contribution in [1.82, 2.24) is 0 Å². The van der Waals surface area contributed by atoms with Gasteiger partial charge >= 0.3 is 6.09 Å². The molecule has 0 bridgehead atoms. The minimum Gasteiger partial charge on any atom is -0.444 e. The lowest BCUT2D eigenvalue weighted by Crippen LogP contribution is -2.27. The molecule has 110 valence electrons. The molecule has 1 rings (SSSR count). The van der Waals surface area contributed by atoms with Crippen molar-refractivity contribution in [3.05, 3.63) is 40.4 Å². The molecule has 0 unspecified atom stereocenters. The number of benzene rings is 1. The van der Waals surface area contributed by atoms with E-state index < -0.39 is 11.7 Å². The Bertz CT molecular complexity index is 512. The number of hydrogen-bond acceptors (Lipinski definition) is 2. The summed E-state index contributed by atoms with van der Waals surface area (Å²) in [5, 5.41) is 3.42. The number of amides is 1. The van der Waals surface area contributed by atoms with Gasteiger partial charge in [0, 0.05) is 10.7 Å². The summed E-state index contributed by atoms with van der Waals surface area (Å²) < 4.78 is 5.25. The summed E-state index contributed by atoms with van der Waals surface area (Å²) in [5.74, 6) is 0. The lowest BCUT2D eigenvalue weighted by molar-refractivity contribution is 0.0636. The zero-order valence-electron chi connectivity index (χ0n) is 12.7. The number of hydrogen-bond donors (Lipinski definition) is 1. The fourth-order valence-electron chi connectivity index (χ4n) is 1.58. The first-order chi connectivity index (χ1) is 9.17. The van der Waals surface area contributed by atoms with Gasteiger partial charge in [0.25, 0.3) is 0 Å². The Kier molecular flexibility index (Phi) is 5.63. The van der Waals surface area contributed by atoms with Crippen LogP contribution in [0.3, 0.4) is 0 Å². The van der Waals surface area contributed by atoms with E-state index >= 15 is 0 Å². The first kappa shape index (κ1) is 16.6. The molecule has 0 aliphatic carbocycles. The van der Waals surface area contributed by atoms with Gasteiger partial charge in [-0.15, -0.1) is 0 Å². The Morgan fingerprint density at radius 2 is 2.00 bits per heavy atom. The third-order valence-electron chi connectivity index (χ3n) is 2.43. The van der Waals surface area contributed by atoms with Gasteiger partial charge in [0.1, 0.15) is 5.60 Å². The maximum atomic E-state index is 11.8. The third kappa shape index (κ3) is 6.11. The summed E-state index contributed by atoms with van der Waals surface area (Å²) in [7, 11) is 0. The minimum atomic E-state index is -0.517. The molecule has 0 saturated heterocycles. The average Bonchev–Trinajstić information content (AvgIpc) is 2.26. The topological polar surface area (TPSA) is 38.3 Å². The number of ether oxygens (including phenoxy) is 1. The average molecular weight is 296 g/mol. The fourth-order valence-corrected chi connectivity index (χ4v) is 1.78. The quantitative estimate of drug-likeness (QED) is 0.779. The smallest absolute Gasteiger partial charge is 0.412 e. The molecule has 0 saturated carbocycles. The second-order valence-electron chi connectivity index (χ2n) is 5.91. The number of nitrogens with one attached hydrogen (secondary N) is 1. The number of carbonyl (C=O) groups is 1. The largest absolute Gasteiger partial charge is 0.444 e. The highest BCUT2D eigenvalue weighted by atomic mass is 35.5. The number of rotatable bonds is 3. The molecule has 0 atom stereocenters. The highest BCUT2D eigenvalue weighted by Crippen LogP contribution is 2.22. The molecule has 0 radical (unpaired) electrons. The van der Waals surface area contributed by atoms with Crippen LogP contribution in [-0.4, -0.2) is 11.7 Å². The number of allylic oxidation sites excluding steroid dienone is 2. The molecule has 1 amide bonds. The van der Waals surface area contributed by atoms with Crippen LogP contribution in [0.25, 0.3) is 0 Å². The summed E-state index contributed by atoms with van der Waals surface area (Å²) in [5.41, 5.74) is 2.38. The number of halogens is 1. The summed E-state index contributed by atoms with van der Waals surface area (Å²) >= 11 is 6.01. The lowest BCUT2D eigenvalue weighted by Gasteiger charge is -2.20. The minimum absolute atomic E-state index is 0.460. The highest BCUT2D eigenvalue weighted by molar-refractivity contribution is 6.30. The highest BCUT2D eigenvalue weighted by Gasteiger charge is 2.17. The van der Waals surface area contributed by atoms with E-state index in [-0.39, 0.29) is 0 Å². The molecule has 3 nitrogen and oxygen atoms in total. The SMILES string of the molecule is CC(C)=CCc1cc(Cl)ccc1NC(=O)OC(C)(C)C. The molecule has 4 heteroatoms. The van der Waals surface area contributed by atoms with Crippen molar-refractivity contribution in [3.63, 3.8) is 0 Å². The summed E-state index contributed by atoms with van der Waals surface area (Å²) in [6.45, 7) is 9.56. The number of anilines is 1. The second-order valence-corrected chi connectivity index (χ2v) is 6.35. The van der Waals surface area contributed by atoms with E-state index in [1.807, 2.05) is 40.7 Å². The van der Waals surface area contributed by atoms with Crippen LogP contribution in [0.5, 0.6) is 0 Å². The Morgan fingerprint density at radius 1 is 1.35 bits per heavy atom. The number of carbonyl (C=O) groups excluding carboxylic acids is 1. The second kappa shape index (κ2) is 6.80. The zero-order valence-corrected chi connectivity index (χ0v) is 13.5. The van der Waals surface area contributed by atoms with Crippen molar-refractivity contribution in [2.24, 2.45) is 0 Å². The van der Waals surface area contributed by atoms with Crippen molar-refractivity contribution in [3.8, 4) is 0 Å². The van der Waals surface area contributed by atoms with Crippen molar-refractivity contribution in [2.75, 3.05) is 5.32 Å². The van der Waals surface area contributed by atoms with Gasteiger partial charge in [-0.25, -0.2) is 4.79 Å². The molecule has 0 spiro atoms. The van der Waals surface area contributed by atoms with E-state index in [0.29, 0.717) is 11.4 Å².